The van der Waals surface area contributed by atoms with E-state index in [0.717, 1.165) is 18.4 Å². The molecule has 0 aliphatic heterocycles. The number of hydrazine groups is 1. The Bertz CT molecular complexity index is 248. The summed E-state index contributed by atoms with van der Waals surface area (Å²) in [5.41, 5.74) is 12.5. The molecule has 0 radical (unpaired) electrons. The van der Waals surface area contributed by atoms with E-state index in [0.29, 0.717) is 5.11 Å². The maximum atomic E-state index is 5.31. The summed E-state index contributed by atoms with van der Waals surface area (Å²) in [5.74, 6) is 1.66. The van der Waals surface area contributed by atoms with E-state index in [2.05, 4.69) is 30.8 Å². The van der Waals surface area contributed by atoms with E-state index in [1.165, 1.54) is 24.8 Å². The Morgan fingerprint density at radius 3 is 2.87 bits per heavy atom. The molecule has 3 nitrogen and oxygen atoms in total. The van der Waals surface area contributed by atoms with Gasteiger partial charge in [0.15, 0.2) is 5.11 Å². The molecule has 0 aromatic heterocycles. The molecule has 1 aliphatic carbocycles. The van der Waals surface area contributed by atoms with Crippen molar-refractivity contribution < 1.29 is 0 Å². The Morgan fingerprint density at radius 2 is 2.40 bits per heavy atom. The third-order valence-corrected chi connectivity index (χ3v) is 3.12. The van der Waals surface area contributed by atoms with Crippen molar-refractivity contribution in [3.63, 3.8) is 0 Å². The van der Waals surface area contributed by atoms with Crippen LogP contribution in [0.5, 0.6) is 0 Å². The van der Waals surface area contributed by atoms with Gasteiger partial charge in [0.25, 0.3) is 0 Å². The van der Waals surface area contributed by atoms with E-state index in [9.17, 15) is 0 Å². The predicted molar refractivity (Wildman–Crippen MR) is 68.2 cm³/mol. The van der Waals surface area contributed by atoms with Crippen LogP contribution in [0.15, 0.2) is 11.6 Å². The third-order valence-electron chi connectivity index (χ3n) is 3.02. The zero-order valence-corrected chi connectivity index (χ0v) is 10.4. The molecule has 1 unspecified atom stereocenters. The standard InChI is InChI=1S/C11H21N3S/c1-8(2)10-5-3-9(4-6-10)7-13-14-11(12)15/h3,8,10,13H,4-7H2,1-2H3,(H3,12,14,15). The summed E-state index contributed by atoms with van der Waals surface area (Å²) in [5, 5.41) is 0.298. The maximum Gasteiger partial charge on any atom is 0.178 e. The van der Waals surface area contributed by atoms with Gasteiger partial charge in [-0.3, -0.25) is 5.43 Å². The van der Waals surface area contributed by atoms with Crippen LogP contribution in [-0.2, 0) is 0 Å². The normalized spacial score (nSPS) is 21.3. The van der Waals surface area contributed by atoms with Crippen molar-refractivity contribution in [1.29, 1.82) is 0 Å². The molecule has 0 spiro atoms. The molecule has 0 fully saturated rings. The first-order valence-corrected chi connectivity index (χ1v) is 5.96. The van der Waals surface area contributed by atoms with Gasteiger partial charge in [-0.1, -0.05) is 25.5 Å². The Labute approximate surface area is 97.5 Å². The fourth-order valence-corrected chi connectivity index (χ4v) is 1.99. The molecule has 0 aromatic rings. The van der Waals surface area contributed by atoms with Crippen LogP contribution in [0.1, 0.15) is 33.1 Å². The van der Waals surface area contributed by atoms with E-state index >= 15 is 0 Å². The molecule has 0 saturated carbocycles. The fraction of sp³-hybridized carbons (Fsp3) is 0.727. The summed E-state index contributed by atoms with van der Waals surface area (Å²) >= 11 is 4.70. The average Bonchev–Trinajstić information content (AvgIpc) is 2.18. The maximum absolute atomic E-state index is 5.31. The molecule has 1 atom stereocenters. The zero-order valence-electron chi connectivity index (χ0n) is 9.55. The van der Waals surface area contributed by atoms with Gasteiger partial charge in [-0.05, 0) is 43.3 Å². The van der Waals surface area contributed by atoms with Gasteiger partial charge >= 0.3 is 0 Å². The largest absolute Gasteiger partial charge is 0.375 e. The van der Waals surface area contributed by atoms with Crippen LogP contribution < -0.4 is 16.6 Å². The number of rotatable bonds is 4. The lowest BCUT2D eigenvalue weighted by atomic mass is 9.82. The molecule has 0 aromatic carbocycles. The molecule has 4 heteroatoms. The molecule has 0 saturated heterocycles. The first kappa shape index (κ1) is 12.5. The monoisotopic (exact) mass is 227 g/mol. The van der Waals surface area contributed by atoms with Gasteiger partial charge < -0.3 is 5.73 Å². The van der Waals surface area contributed by atoms with Gasteiger partial charge in [0.2, 0.25) is 0 Å². The molecule has 86 valence electrons. The minimum atomic E-state index is 0.298. The predicted octanol–water partition coefficient (Wildman–Crippen LogP) is 1.71. The lowest BCUT2D eigenvalue weighted by Crippen LogP contribution is -2.41. The SMILES string of the molecule is CC(C)C1CC=C(CNNC(N)=S)CC1. The Balaban J connectivity index is 2.25. The third kappa shape index (κ3) is 4.62. The molecule has 4 N–H and O–H groups in total. The number of hydrogen-bond acceptors (Lipinski definition) is 2. The minimum absolute atomic E-state index is 0.298. The molecular weight excluding hydrogens is 206 g/mol. The number of allylic oxidation sites excluding steroid dienone is 1. The molecule has 15 heavy (non-hydrogen) atoms. The van der Waals surface area contributed by atoms with Crippen LogP contribution in [0.25, 0.3) is 0 Å². The van der Waals surface area contributed by atoms with Crippen LogP contribution >= 0.6 is 12.2 Å². The summed E-state index contributed by atoms with van der Waals surface area (Å²) in [6, 6.07) is 0. The van der Waals surface area contributed by atoms with Gasteiger partial charge in [0, 0.05) is 6.54 Å². The number of nitrogens with two attached hydrogens (primary N) is 1. The molecule has 1 aliphatic rings. The van der Waals surface area contributed by atoms with Gasteiger partial charge in [-0.15, -0.1) is 0 Å². The van der Waals surface area contributed by atoms with Crippen LogP contribution in [0, 0.1) is 11.8 Å². The van der Waals surface area contributed by atoms with Gasteiger partial charge in [0.05, 0.1) is 0 Å². The minimum Gasteiger partial charge on any atom is -0.375 e. The van der Waals surface area contributed by atoms with E-state index in [-0.39, 0.29) is 0 Å². The molecule has 0 heterocycles. The van der Waals surface area contributed by atoms with E-state index in [1.54, 1.807) is 0 Å². The Hall–Kier alpha value is -0.610. The average molecular weight is 227 g/mol. The highest BCUT2D eigenvalue weighted by Crippen LogP contribution is 2.28. The Morgan fingerprint density at radius 1 is 1.67 bits per heavy atom. The number of hydrogen-bond donors (Lipinski definition) is 3. The molecule has 0 amide bonds. The number of thiocarbonyl (C=S) groups is 1. The second-order valence-corrected chi connectivity index (χ2v) is 4.92. The van der Waals surface area contributed by atoms with E-state index in [1.807, 2.05) is 0 Å². The molecule has 1 rings (SSSR count). The Kier molecular flexibility index (Phi) is 5.05. The summed E-state index contributed by atoms with van der Waals surface area (Å²) in [6.45, 7) is 5.44. The fourth-order valence-electron chi connectivity index (χ4n) is 1.92. The van der Waals surface area contributed by atoms with Crippen molar-refractivity contribution in [1.82, 2.24) is 10.9 Å². The first-order valence-electron chi connectivity index (χ1n) is 5.55. The number of nitrogens with one attached hydrogen (secondary N) is 2. The smallest absolute Gasteiger partial charge is 0.178 e. The lowest BCUT2D eigenvalue weighted by molar-refractivity contribution is 0.348. The van der Waals surface area contributed by atoms with Crippen molar-refractivity contribution >= 4 is 17.3 Å². The van der Waals surface area contributed by atoms with Gasteiger partial charge in [-0.25, -0.2) is 5.43 Å². The van der Waals surface area contributed by atoms with Crippen LogP contribution in [0.4, 0.5) is 0 Å². The van der Waals surface area contributed by atoms with Crippen molar-refractivity contribution in [3.8, 4) is 0 Å². The first-order chi connectivity index (χ1) is 7.09. The summed E-state index contributed by atoms with van der Waals surface area (Å²) < 4.78 is 0. The van der Waals surface area contributed by atoms with Crippen LogP contribution in [-0.4, -0.2) is 11.7 Å². The zero-order chi connectivity index (χ0) is 11.3. The summed E-state index contributed by atoms with van der Waals surface area (Å²) in [6.07, 6.45) is 6.05. The molecular formula is C11H21N3S. The molecule has 0 bridgehead atoms. The van der Waals surface area contributed by atoms with E-state index in [4.69, 9.17) is 18.0 Å². The van der Waals surface area contributed by atoms with Gasteiger partial charge in [-0.2, -0.15) is 0 Å². The highest BCUT2D eigenvalue weighted by molar-refractivity contribution is 7.80. The quantitative estimate of drug-likeness (QED) is 0.389. The summed E-state index contributed by atoms with van der Waals surface area (Å²) in [7, 11) is 0. The van der Waals surface area contributed by atoms with Crippen molar-refractivity contribution in [3.05, 3.63) is 11.6 Å². The second-order valence-electron chi connectivity index (χ2n) is 4.48. The second kappa shape index (κ2) is 6.08. The highest BCUT2D eigenvalue weighted by Gasteiger charge is 2.16. The van der Waals surface area contributed by atoms with Crippen LogP contribution in [0.2, 0.25) is 0 Å². The summed E-state index contributed by atoms with van der Waals surface area (Å²) in [4.78, 5) is 0. The van der Waals surface area contributed by atoms with Crippen LogP contribution in [0.3, 0.4) is 0 Å². The topological polar surface area (TPSA) is 50.1 Å². The van der Waals surface area contributed by atoms with Crippen molar-refractivity contribution in [2.24, 2.45) is 17.6 Å². The van der Waals surface area contributed by atoms with Crippen molar-refractivity contribution in [2.45, 2.75) is 33.1 Å². The van der Waals surface area contributed by atoms with Gasteiger partial charge in [0.1, 0.15) is 0 Å². The lowest BCUT2D eigenvalue weighted by Gasteiger charge is -2.25. The highest BCUT2D eigenvalue weighted by atomic mass is 32.1. The van der Waals surface area contributed by atoms with E-state index < -0.39 is 0 Å². The van der Waals surface area contributed by atoms with Crippen molar-refractivity contribution in [2.75, 3.05) is 6.54 Å².